The van der Waals surface area contributed by atoms with E-state index in [0.717, 1.165) is 6.07 Å². The number of benzene rings is 1. The summed E-state index contributed by atoms with van der Waals surface area (Å²) >= 11 is 11.4. The maximum atomic E-state index is 13.1. The molecule has 0 fully saturated rings. The van der Waals surface area contributed by atoms with Gasteiger partial charge >= 0.3 is 11.7 Å². The molecule has 0 N–H and O–H groups in total. The quantitative estimate of drug-likeness (QED) is 0.575. The summed E-state index contributed by atoms with van der Waals surface area (Å²) in [5, 5.41) is 8.72. The predicted octanol–water partition coefficient (Wildman–Crippen LogP) is 3.77. The third-order valence-corrected chi connectivity index (χ3v) is 6.71. The number of aromatic nitrogens is 2. The molecule has 0 saturated heterocycles. The molecule has 7 nitrogen and oxygen atoms in total. The van der Waals surface area contributed by atoms with Crippen molar-refractivity contribution in [1.82, 2.24) is 9.78 Å². The minimum atomic E-state index is -6.43. The molecule has 17 heteroatoms. The largest absolute Gasteiger partial charge is 0.502 e. The minimum Gasteiger partial charge on any atom is -0.222 e. The number of hydrogen-bond donors (Lipinski definition) is 0. The SMILES string of the molecule is CS(=O)(=O)c1c(S(=O)(=O)C(F)(F)F)c(C#N)nn1-c1c(Cl)cc(C(F)(F)F)cc1Cl. The van der Waals surface area contributed by atoms with Crippen LogP contribution in [-0.4, -0.2) is 38.4 Å². The molecule has 1 heterocycles. The van der Waals surface area contributed by atoms with Gasteiger partial charge in [0.2, 0.25) is 0 Å². The first-order chi connectivity index (χ1) is 13.3. The van der Waals surface area contributed by atoms with Gasteiger partial charge in [-0.05, 0) is 12.1 Å². The molecule has 0 bridgehead atoms. The molecule has 0 aliphatic rings. The van der Waals surface area contributed by atoms with E-state index in [2.05, 4.69) is 5.10 Å². The molecule has 2 aromatic rings. The molecular formula is C13H5Cl2F6N3O4S2. The Labute approximate surface area is 174 Å². The predicted molar refractivity (Wildman–Crippen MR) is 89.7 cm³/mol. The van der Waals surface area contributed by atoms with Crippen LogP contribution in [0, 0.1) is 11.3 Å². The van der Waals surface area contributed by atoms with E-state index in [1.807, 2.05) is 0 Å². The minimum absolute atomic E-state index is 0.0304. The van der Waals surface area contributed by atoms with Crippen LogP contribution in [0.1, 0.15) is 11.3 Å². The third-order valence-electron chi connectivity index (χ3n) is 3.39. The summed E-state index contributed by atoms with van der Waals surface area (Å²) in [6.45, 7) is 0. The lowest BCUT2D eigenvalue weighted by atomic mass is 10.2. The van der Waals surface area contributed by atoms with E-state index < -0.39 is 68.3 Å². The number of halogens is 8. The Bertz CT molecular complexity index is 1270. The van der Waals surface area contributed by atoms with E-state index in [-0.39, 0.29) is 16.8 Å². The van der Waals surface area contributed by atoms with Gasteiger partial charge in [0.25, 0.3) is 9.84 Å². The molecule has 0 spiro atoms. The van der Waals surface area contributed by atoms with Gasteiger partial charge in [0.1, 0.15) is 11.8 Å². The van der Waals surface area contributed by atoms with Crippen molar-refractivity contribution in [2.75, 3.05) is 6.26 Å². The smallest absolute Gasteiger partial charge is 0.222 e. The Morgan fingerprint density at radius 1 is 1.03 bits per heavy atom. The number of sulfone groups is 2. The lowest BCUT2D eigenvalue weighted by molar-refractivity contribution is -0.137. The second-order valence-electron chi connectivity index (χ2n) is 5.51. The molecule has 1 aromatic carbocycles. The van der Waals surface area contributed by atoms with Gasteiger partial charge in [-0.15, -0.1) is 0 Å². The number of hydrogen-bond acceptors (Lipinski definition) is 6. The van der Waals surface area contributed by atoms with Crippen molar-refractivity contribution in [3.63, 3.8) is 0 Å². The second kappa shape index (κ2) is 7.29. The van der Waals surface area contributed by atoms with Crippen LogP contribution >= 0.6 is 23.2 Å². The van der Waals surface area contributed by atoms with Crippen LogP contribution in [0.15, 0.2) is 22.1 Å². The second-order valence-corrected chi connectivity index (χ2v) is 10.1. The Morgan fingerprint density at radius 2 is 1.50 bits per heavy atom. The Balaban J connectivity index is 3.08. The van der Waals surface area contributed by atoms with Crippen molar-refractivity contribution in [2.45, 2.75) is 21.6 Å². The average Bonchev–Trinajstić information content (AvgIpc) is 2.92. The fraction of sp³-hybridized carbons (Fsp3) is 0.231. The first-order valence-electron chi connectivity index (χ1n) is 6.95. The van der Waals surface area contributed by atoms with Crippen LogP contribution in [0.25, 0.3) is 5.69 Å². The number of nitrogens with zero attached hydrogens (tertiary/aromatic N) is 3. The van der Waals surface area contributed by atoms with Gasteiger partial charge in [-0.2, -0.15) is 36.7 Å². The van der Waals surface area contributed by atoms with E-state index in [1.165, 1.54) is 0 Å². The van der Waals surface area contributed by atoms with E-state index in [4.69, 9.17) is 28.5 Å². The van der Waals surface area contributed by atoms with Crippen molar-refractivity contribution in [1.29, 1.82) is 5.26 Å². The van der Waals surface area contributed by atoms with Gasteiger partial charge in [0.15, 0.2) is 25.5 Å². The van der Waals surface area contributed by atoms with Gasteiger partial charge in [-0.3, -0.25) is 0 Å². The monoisotopic (exact) mass is 515 g/mol. The highest BCUT2D eigenvalue weighted by Crippen LogP contribution is 2.41. The average molecular weight is 516 g/mol. The topological polar surface area (TPSA) is 110 Å². The molecule has 0 amide bonds. The number of alkyl halides is 6. The molecule has 1 aromatic heterocycles. The van der Waals surface area contributed by atoms with Gasteiger partial charge < -0.3 is 0 Å². The summed E-state index contributed by atoms with van der Waals surface area (Å²) in [6, 6.07) is 1.54. The zero-order valence-electron chi connectivity index (χ0n) is 14.0. The molecule has 2 rings (SSSR count). The molecule has 0 unspecified atom stereocenters. The van der Waals surface area contributed by atoms with Crippen molar-refractivity contribution in [2.24, 2.45) is 0 Å². The van der Waals surface area contributed by atoms with Crippen LogP contribution in [0.2, 0.25) is 10.0 Å². The summed E-state index contributed by atoms with van der Waals surface area (Å²) in [7, 11) is -11.3. The van der Waals surface area contributed by atoms with Crippen LogP contribution in [0.4, 0.5) is 26.3 Å². The zero-order valence-corrected chi connectivity index (χ0v) is 17.1. The molecule has 0 aliphatic carbocycles. The Morgan fingerprint density at radius 3 is 1.83 bits per heavy atom. The van der Waals surface area contributed by atoms with E-state index in [1.54, 1.807) is 0 Å². The maximum Gasteiger partial charge on any atom is 0.502 e. The molecule has 0 aliphatic heterocycles. The Hall–Kier alpha value is -2.02. The highest BCUT2D eigenvalue weighted by molar-refractivity contribution is 7.94. The maximum absolute atomic E-state index is 13.1. The lowest BCUT2D eigenvalue weighted by Gasteiger charge is -2.14. The summed E-state index contributed by atoms with van der Waals surface area (Å²) in [4.78, 5) is -2.01. The molecule has 0 saturated carbocycles. The van der Waals surface area contributed by atoms with E-state index in [0.29, 0.717) is 6.26 Å². The van der Waals surface area contributed by atoms with Crippen LogP contribution < -0.4 is 0 Å². The Kier molecular flexibility index (Phi) is 5.89. The third kappa shape index (κ3) is 4.09. The zero-order chi connectivity index (χ0) is 23.4. The molecule has 30 heavy (non-hydrogen) atoms. The number of nitriles is 1. The van der Waals surface area contributed by atoms with Crippen molar-refractivity contribution >= 4 is 42.9 Å². The van der Waals surface area contributed by atoms with Gasteiger partial charge in [-0.1, -0.05) is 23.2 Å². The summed E-state index contributed by atoms with van der Waals surface area (Å²) < 4.78 is 126. The van der Waals surface area contributed by atoms with Gasteiger partial charge in [0, 0.05) is 6.26 Å². The van der Waals surface area contributed by atoms with Crippen molar-refractivity contribution in [3.05, 3.63) is 33.4 Å². The number of rotatable bonds is 3. The highest BCUT2D eigenvalue weighted by atomic mass is 35.5. The summed E-state index contributed by atoms with van der Waals surface area (Å²) in [5.41, 5.74) is -9.79. The van der Waals surface area contributed by atoms with Gasteiger partial charge in [0.05, 0.1) is 15.6 Å². The van der Waals surface area contributed by atoms with E-state index >= 15 is 0 Å². The van der Waals surface area contributed by atoms with Crippen LogP contribution in [0.3, 0.4) is 0 Å². The molecule has 164 valence electrons. The molecular weight excluding hydrogens is 511 g/mol. The first-order valence-corrected chi connectivity index (χ1v) is 11.1. The first kappa shape index (κ1) is 24.3. The summed E-state index contributed by atoms with van der Waals surface area (Å²) in [5.74, 6) is 0. The lowest BCUT2D eigenvalue weighted by Crippen LogP contribution is -2.25. The van der Waals surface area contributed by atoms with Crippen molar-refractivity contribution in [3.8, 4) is 11.8 Å². The van der Waals surface area contributed by atoms with Crippen LogP contribution in [0.5, 0.6) is 0 Å². The van der Waals surface area contributed by atoms with Gasteiger partial charge in [-0.25, -0.2) is 21.5 Å². The fourth-order valence-electron chi connectivity index (χ4n) is 2.23. The van der Waals surface area contributed by atoms with Crippen LogP contribution in [-0.2, 0) is 25.9 Å². The highest BCUT2D eigenvalue weighted by Gasteiger charge is 2.52. The molecule has 0 radical (unpaired) electrons. The normalized spacial score (nSPS) is 13.3. The standard InChI is InChI=1S/C13H5Cl2F6N3O4S2/c1-29(25,26)11-10(30(27,28)13(19,20)21)8(4-22)23-24(11)9-6(14)2-5(3-7(9)15)12(16,17)18/h2-3H,1H3. The van der Waals surface area contributed by atoms with Crippen molar-refractivity contribution < 1.29 is 43.2 Å². The summed E-state index contributed by atoms with van der Waals surface area (Å²) in [6.07, 6.45) is -4.65. The fourth-order valence-corrected chi connectivity index (χ4v) is 5.43. The van der Waals surface area contributed by atoms with E-state index in [9.17, 15) is 43.2 Å². The molecule has 0 atom stereocenters.